The summed E-state index contributed by atoms with van der Waals surface area (Å²) in [5.74, 6) is 0.504. The predicted molar refractivity (Wildman–Crippen MR) is 95.0 cm³/mol. The highest BCUT2D eigenvalue weighted by molar-refractivity contribution is 6.30. The van der Waals surface area contributed by atoms with Crippen LogP contribution in [-0.4, -0.2) is 29.7 Å². The lowest BCUT2D eigenvalue weighted by Gasteiger charge is -2.45. The number of likely N-dealkylation sites (tertiary alicyclic amines) is 1. The van der Waals surface area contributed by atoms with E-state index in [-0.39, 0.29) is 11.5 Å². The second-order valence-corrected chi connectivity index (χ2v) is 8.22. The van der Waals surface area contributed by atoms with Gasteiger partial charge in [-0.15, -0.1) is 0 Å². The number of hydrogen-bond donors (Lipinski definition) is 0. The molecule has 0 unspecified atom stereocenters. The second-order valence-electron chi connectivity index (χ2n) is 7.79. The summed E-state index contributed by atoms with van der Waals surface area (Å²) in [7, 11) is 0. The fourth-order valence-electron chi connectivity index (χ4n) is 3.40. The molecule has 0 aromatic heterocycles. The van der Waals surface area contributed by atoms with E-state index in [0.29, 0.717) is 5.92 Å². The molecule has 1 aromatic rings. The van der Waals surface area contributed by atoms with Crippen molar-refractivity contribution in [1.82, 2.24) is 4.90 Å². The minimum absolute atomic E-state index is 0.100. The van der Waals surface area contributed by atoms with Crippen LogP contribution in [0, 0.1) is 5.92 Å². The fraction of sp³-hybridized carbons (Fsp3) is 0.632. The number of amides is 1. The monoisotopic (exact) mass is 337 g/mol. The third kappa shape index (κ3) is 4.20. The molecule has 0 aliphatic carbocycles. The smallest absolute Gasteiger partial charge is 0.410 e. The molecule has 4 heteroatoms. The molecule has 1 aliphatic heterocycles. The number of carbonyl (C=O) groups excluding carboxylic acids is 1. The van der Waals surface area contributed by atoms with Gasteiger partial charge in [-0.05, 0) is 57.2 Å². The first kappa shape index (κ1) is 18.1. The van der Waals surface area contributed by atoms with Crippen LogP contribution in [0.4, 0.5) is 4.79 Å². The van der Waals surface area contributed by atoms with Crippen LogP contribution in [0.15, 0.2) is 24.3 Å². The Bertz CT molecular complexity index is 537. The van der Waals surface area contributed by atoms with Gasteiger partial charge < -0.3 is 9.64 Å². The highest BCUT2D eigenvalue weighted by Gasteiger charge is 2.40. The lowest BCUT2D eigenvalue weighted by Crippen LogP contribution is -2.48. The Kier molecular flexibility index (Phi) is 5.30. The van der Waals surface area contributed by atoms with Crippen molar-refractivity contribution in [2.45, 2.75) is 58.5 Å². The van der Waals surface area contributed by atoms with E-state index in [4.69, 9.17) is 16.3 Å². The summed E-state index contributed by atoms with van der Waals surface area (Å²) in [5, 5.41) is 0.763. The van der Waals surface area contributed by atoms with Crippen LogP contribution in [0.25, 0.3) is 0 Å². The molecule has 0 N–H and O–H groups in total. The third-order valence-corrected chi connectivity index (χ3v) is 5.08. The minimum atomic E-state index is -0.445. The number of piperidine rings is 1. The number of ether oxygens (including phenoxy) is 1. The van der Waals surface area contributed by atoms with E-state index >= 15 is 0 Å². The van der Waals surface area contributed by atoms with E-state index in [2.05, 4.69) is 26.0 Å². The zero-order valence-electron chi connectivity index (χ0n) is 14.9. The molecule has 1 saturated heterocycles. The Morgan fingerprint density at radius 3 is 2.13 bits per heavy atom. The molecule has 1 heterocycles. The highest BCUT2D eigenvalue weighted by atomic mass is 35.5. The molecule has 0 bridgehead atoms. The van der Waals surface area contributed by atoms with E-state index in [9.17, 15) is 4.79 Å². The molecule has 128 valence electrons. The number of nitrogens with zero attached hydrogens (tertiary/aromatic N) is 1. The number of benzene rings is 1. The van der Waals surface area contributed by atoms with E-state index in [1.54, 1.807) is 0 Å². The van der Waals surface area contributed by atoms with Crippen LogP contribution >= 0.6 is 11.6 Å². The lowest BCUT2D eigenvalue weighted by molar-refractivity contribution is 0.0135. The average Bonchev–Trinajstić information content (AvgIpc) is 2.46. The zero-order valence-corrected chi connectivity index (χ0v) is 15.6. The summed E-state index contributed by atoms with van der Waals surface area (Å²) >= 11 is 6.03. The minimum Gasteiger partial charge on any atom is -0.444 e. The Balaban J connectivity index is 2.12. The molecule has 0 radical (unpaired) electrons. The van der Waals surface area contributed by atoms with Crippen molar-refractivity contribution < 1.29 is 9.53 Å². The van der Waals surface area contributed by atoms with Gasteiger partial charge in [0.1, 0.15) is 5.60 Å². The van der Waals surface area contributed by atoms with Gasteiger partial charge in [0.15, 0.2) is 0 Å². The van der Waals surface area contributed by atoms with Crippen molar-refractivity contribution in [3.63, 3.8) is 0 Å². The first-order chi connectivity index (χ1) is 10.6. The molecule has 1 fully saturated rings. The van der Waals surface area contributed by atoms with E-state index < -0.39 is 5.60 Å². The number of rotatable bonds is 2. The lowest BCUT2D eigenvalue weighted by atomic mass is 9.65. The van der Waals surface area contributed by atoms with Gasteiger partial charge in [0.25, 0.3) is 0 Å². The average molecular weight is 338 g/mol. The first-order valence-corrected chi connectivity index (χ1v) is 8.76. The molecular weight excluding hydrogens is 310 g/mol. The summed E-state index contributed by atoms with van der Waals surface area (Å²) < 4.78 is 5.50. The van der Waals surface area contributed by atoms with Crippen LogP contribution in [0.2, 0.25) is 5.02 Å². The number of hydrogen-bond acceptors (Lipinski definition) is 2. The van der Waals surface area contributed by atoms with Crippen LogP contribution in [0.3, 0.4) is 0 Å². The largest absolute Gasteiger partial charge is 0.444 e. The van der Waals surface area contributed by atoms with Gasteiger partial charge in [-0.25, -0.2) is 4.79 Å². The van der Waals surface area contributed by atoms with Crippen molar-refractivity contribution in [2.75, 3.05) is 13.1 Å². The maximum atomic E-state index is 12.3. The van der Waals surface area contributed by atoms with Gasteiger partial charge in [0.2, 0.25) is 0 Å². The van der Waals surface area contributed by atoms with Crippen LogP contribution < -0.4 is 0 Å². The standard InChI is InChI=1S/C19H28ClNO2/c1-14(2)19(15-6-8-16(20)9-7-15)10-12-21(13-11-19)17(22)23-18(3,4)5/h6-9,14H,10-13H2,1-5H3. The van der Waals surface area contributed by atoms with Gasteiger partial charge >= 0.3 is 6.09 Å². The molecule has 0 saturated carbocycles. The van der Waals surface area contributed by atoms with Crippen molar-refractivity contribution in [3.8, 4) is 0 Å². The highest BCUT2D eigenvalue weighted by Crippen LogP contribution is 2.42. The summed E-state index contributed by atoms with van der Waals surface area (Å²) in [4.78, 5) is 14.1. The first-order valence-electron chi connectivity index (χ1n) is 8.38. The van der Waals surface area contributed by atoms with Gasteiger partial charge in [-0.2, -0.15) is 0 Å². The summed E-state index contributed by atoms with van der Waals surface area (Å²) in [6.07, 6.45) is 1.70. The Labute approximate surface area is 145 Å². The van der Waals surface area contributed by atoms with Crippen LogP contribution in [0.5, 0.6) is 0 Å². The normalized spacial score (nSPS) is 18.1. The fourth-order valence-corrected chi connectivity index (χ4v) is 3.52. The van der Waals surface area contributed by atoms with Crippen LogP contribution in [-0.2, 0) is 10.2 Å². The maximum absolute atomic E-state index is 12.3. The van der Waals surface area contributed by atoms with Crippen molar-refractivity contribution in [2.24, 2.45) is 5.92 Å². The topological polar surface area (TPSA) is 29.5 Å². The maximum Gasteiger partial charge on any atom is 0.410 e. The van der Waals surface area contributed by atoms with E-state index in [0.717, 1.165) is 31.0 Å². The molecule has 3 nitrogen and oxygen atoms in total. The van der Waals surface area contributed by atoms with Gasteiger partial charge in [-0.3, -0.25) is 0 Å². The molecule has 0 atom stereocenters. The third-order valence-electron chi connectivity index (χ3n) is 4.83. The van der Waals surface area contributed by atoms with Gasteiger partial charge in [0.05, 0.1) is 0 Å². The zero-order chi connectivity index (χ0) is 17.3. The Hall–Kier alpha value is -1.22. The molecule has 1 amide bonds. The van der Waals surface area contributed by atoms with Crippen molar-refractivity contribution >= 4 is 17.7 Å². The van der Waals surface area contributed by atoms with Gasteiger partial charge in [0, 0.05) is 23.5 Å². The van der Waals surface area contributed by atoms with E-state index in [1.807, 2.05) is 37.8 Å². The molecular formula is C19H28ClNO2. The summed E-state index contributed by atoms with van der Waals surface area (Å²) in [5.41, 5.74) is 0.976. The second kappa shape index (κ2) is 6.72. The van der Waals surface area contributed by atoms with Crippen molar-refractivity contribution in [1.29, 1.82) is 0 Å². The summed E-state index contributed by atoms with van der Waals surface area (Å²) in [6, 6.07) is 8.18. The molecule has 1 aromatic carbocycles. The molecule has 0 spiro atoms. The molecule has 23 heavy (non-hydrogen) atoms. The predicted octanol–water partition coefficient (Wildman–Crippen LogP) is 5.26. The summed E-state index contributed by atoms with van der Waals surface area (Å²) in [6.45, 7) is 11.7. The quantitative estimate of drug-likeness (QED) is 0.736. The molecule has 1 aliphatic rings. The van der Waals surface area contributed by atoms with Crippen LogP contribution in [0.1, 0.15) is 53.0 Å². The van der Waals surface area contributed by atoms with Gasteiger partial charge in [-0.1, -0.05) is 37.6 Å². The Morgan fingerprint density at radius 1 is 1.17 bits per heavy atom. The van der Waals surface area contributed by atoms with Crippen molar-refractivity contribution in [3.05, 3.63) is 34.9 Å². The SMILES string of the molecule is CC(C)C1(c2ccc(Cl)cc2)CCN(C(=O)OC(C)(C)C)CC1. The number of halogens is 1. The number of carbonyl (C=O) groups is 1. The Morgan fingerprint density at radius 2 is 1.70 bits per heavy atom. The molecule has 2 rings (SSSR count). The van der Waals surface area contributed by atoms with E-state index in [1.165, 1.54) is 5.56 Å².